The van der Waals surface area contributed by atoms with E-state index in [9.17, 15) is 39.3 Å². The van der Waals surface area contributed by atoms with E-state index in [1.54, 1.807) is 33.7 Å². The monoisotopic (exact) mass is 641 g/mol. The number of benzene rings is 2. The van der Waals surface area contributed by atoms with E-state index in [0.717, 1.165) is 11.6 Å². The predicted molar refractivity (Wildman–Crippen MR) is 169 cm³/mol. The van der Waals surface area contributed by atoms with Gasteiger partial charge in [-0.15, -0.1) is 0 Å². The molecule has 0 unspecified atom stereocenters. The number of fused-ring (bicyclic) bond motifs is 1. The van der Waals surface area contributed by atoms with E-state index in [0.29, 0.717) is 30.5 Å². The molecule has 0 saturated carbocycles. The van der Waals surface area contributed by atoms with E-state index in [1.165, 1.54) is 23.0 Å². The lowest BCUT2D eigenvalue weighted by atomic mass is 9.79. The first-order valence-electron chi connectivity index (χ1n) is 15.4. The minimum absolute atomic E-state index is 0.0464. The van der Waals surface area contributed by atoms with Crippen molar-refractivity contribution in [2.75, 3.05) is 26.2 Å². The van der Waals surface area contributed by atoms with E-state index >= 15 is 0 Å². The van der Waals surface area contributed by atoms with Gasteiger partial charge < -0.3 is 29.7 Å². The van der Waals surface area contributed by atoms with Crippen LogP contribution in [-0.4, -0.2) is 94.8 Å². The number of aliphatic hydroxyl groups is 1. The van der Waals surface area contributed by atoms with Crippen LogP contribution in [0, 0.1) is 5.92 Å². The number of carbonyl (C=O) groups is 4. The molecule has 2 amide bonds. The summed E-state index contributed by atoms with van der Waals surface area (Å²) in [6.45, 7) is 1.05. The first-order valence-corrected chi connectivity index (χ1v) is 15.4. The van der Waals surface area contributed by atoms with Crippen molar-refractivity contribution in [2.24, 2.45) is 13.0 Å². The van der Waals surface area contributed by atoms with Crippen molar-refractivity contribution < 1.29 is 34.5 Å². The summed E-state index contributed by atoms with van der Waals surface area (Å²) in [6.07, 6.45) is 4.10. The van der Waals surface area contributed by atoms with Gasteiger partial charge in [0.25, 0.3) is 11.5 Å². The van der Waals surface area contributed by atoms with E-state index in [4.69, 9.17) is 0 Å². The Labute approximate surface area is 269 Å². The van der Waals surface area contributed by atoms with E-state index in [2.05, 4.69) is 4.98 Å². The van der Waals surface area contributed by atoms with Crippen molar-refractivity contribution in [3.8, 4) is 0 Å². The summed E-state index contributed by atoms with van der Waals surface area (Å²) >= 11 is 0. The van der Waals surface area contributed by atoms with Gasteiger partial charge >= 0.3 is 11.9 Å². The number of aryl methyl sites for hydroxylation is 1. The maximum absolute atomic E-state index is 14.0. The number of aromatic nitrogens is 3. The van der Waals surface area contributed by atoms with Gasteiger partial charge in [0.15, 0.2) is 0 Å². The number of piperidine rings is 2. The second-order valence-electron chi connectivity index (χ2n) is 12.5. The maximum atomic E-state index is 14.0. The molecule has 4 aromatic rings. The number of nitrogens with zero attached hydrogens (tertiary/aromatic N) is 5. The van der Waals surface area contributed by atoms with Gasteiger partial charge in [-0.1, -0.05) is 30.3 Å². The van der Waals surface area contributed by atoms with Crippen LogP contribution in [0.3, 0.4) is 0 Å². The SMILES string of the molecule is Cn1ccc2c(=O)n(CC3(O)CCN(C(=O)[C@@H]4CCN(C(=O)c5cc(C(=O)O)cc(C(=O)O)c5)C[C@H]4c4ccccc4)CC3)cnc21. The Kier molecular flexibility index (Phi) is 8.41. The Morgan fingerprint density at radius 2 is 1.53 bits per heavy atom. The van der Waals surface area contributed by atoms with Gasteiger partial charge in [-0.25, -0.2) is 14.6 Å². The van der Waals surface area contributed by atoms with Crippen LogP contribution in [-0.2, 0) is 18.4 Å². The average Bonchev–Trinajstić information content (AvgIpc) is 3.46. The lowest BCUT2D eigenvalue weighted by Gasteiger charge is -2.43. The van der Waals surface area contributed by atoms with E-state index in [1.807, 2.05) is 30.3 Å². The van der Waals surface area contributed by atoms with E-state index < -0.39 is 29.4 Å². The highest BCUT2D eigenvalue weighted by Crippen LogP contribution is 2.36. The molecule has 13 nitrogen and oxygen atoms in total. The summed E-state index contributed by atoms with van der Waals surface area (Å²) in [7, 11) is 1.81. The van der Waals surface area contributed by atoms with E-state index in [-0.39, 0.29) is 66.6 Å². The lowest BCUT2D eigenvalue weighted by molar-refractivity contribution is -0.142. The second kappa shape index (κ2) is 12.5. The smallest absolute Gasteiger partial charge is 0.335 e. The number of amides is 2. The van der Waals surface area contributed by atoms with Crippen LogP contribution in [0.15, 0.2) is 71.9 Å². The summed E-state index contributed by atoms with van der Waals surface area (Å²) < 4.78 is 3.18. The van der Waals surface area contributed by atoms with Crippen molar-refractivity contribution in [1.29, 1.82) is 0 Å². The van der Waals surface area contributed by atoms with Gasteiger partial charge in [0.2, 0.25) is 5.91 Å². The highest BCUT2D eigenvalue weighted by Gasteiger charge is 2.42. The molecule has 4 heterocycles. The fourth-order valence-electron chi connectivity index (χ4n) is 6.80. The molecule has 47 heavy (non-hydrogen) atoms. The molecule has 13 heteroatoms. The zero-order valence-corrected chi connectivity index (χ0v) is 25.8. The fraction of sp³-hybridized carbons (Fsp3) is 0.353. The first-order chi connectivity index (χ1) is 22.4. The van der Waals surface area contributed by atoms with Crippen LogP contribution in [0.5, 0.6) is 0 Å². The van der Waals surface area contributed by atoms with Gasteiger partial charge in [-0.2, -0.15) is 0 Å². The highest BCUT2D eigenvalue weighted by molar-refractivity contribution is 6.01. The molecule has 244 valence electrons. The number of rotatable bonds is 7. The third-order valence-electron chi connectivity index (χ3n) is 9.44. The molecule has 2 aliphatic rings. The predicted octanol–water partition coefficient (Wildman–Crippen LogP) is 2.43. The van der Waals surface area contributed by atoms with Crippen LogP contribution in [0.1, 0.15) is 61.8 Å². The minimum Gasteiger partial charge on any atom is -0.478 e. The largest absolute Gasteiger partial charge is 0.478 e. The number of carboxylic acid groups (broad SMARTS) is 2. The Balaban J connectivity index is 1.18. The number of hydrogen-bond acceptors (Lipinski definition) is 7. The van der Waals surface area contributed by atoms with Crippen LogP contribution in [0.4, 0.5) is 0 Å². The maximum Gasteiger partial charge on any atom is 0.335 e. The van der Waals surface area contributed by atoms with Gasteiger partial charge in [0.1, 0.15) is 12.0 Å². The molecule has 0 aliphatic carbocycles. The zero-order valence-electron chi connectivity index (χ0n) is 25.8. The standard InChI is InChI=1S/C34H35N5O8/c1-36-11-7-26-28(36)35-20-39(31(26)42)19-34(47)9-13-37(14-10-34)30(41)25-8-12-38(18-27(25)21-5-3-2-4-6-21)29(40)22-15-23(32(43)44)17-24(16-22)33(45)46/h2-7,11,15-17,20,25,27,47H,8-10,12-14,18-19H2,1H3,(H,43,44)(H,45,46)/t25-,27+/m1/s1. The topological polar surface area (TPSA) is 175 Å². The molecule has 2 saturated heterocycles. The molecule has 6 rings (SSSR count). The van der Waals surface area contributed by atoms with Crippen molar-refractivity contribution in [3.05, 3.63) is 99.7 Å². The third-order valence-corrected chi connectivity index (χ3v) is 9.44. The van der Waals surface area contributed by atoms with Crippen molar-refractivity contribution in [2.45, 2.75) is 37.3 Å². The lowest BCUT2D eigenvalue weighted by Crippen LogP contribution is -2.53. The van der Waals surface area contributed by atoms with Crippen LogP contribution in [0.2, 0.25) is 0 Å². The molecule has 2 aromatic heterocycles. The minimum atomic E-state index is -1.34. The van der Waals surface area contributed by atoms with Crippen molar-refractivity contribution in [3.63, 3.8) is 0 Å². The normalized spacial score (nSPS) is 19.4. The molecule has 3 N–H and O–H groups in total. The molecule has 0 bridgehead atoms. The van der Waals surface area contributed by atoms with Gasteiger partial charge in [-0.3, -0.25) is 19.0 Å². The van der Waals surface area contributed by atoms with Crippen LogP contribution < -0.4 is 5.56 Å². The van der Waals surface area contributed by atoms with Gasteiger partial charge in [0.05, 0.1) is 28.7 Å². The number of carboxylic acids is 2. The molecule has 0 radical (unpaired) electrons. The van der Waals surface area contributed by atoms with Gasteiger partial charge in [0, 0.05) is 56.8 Å². The molecular weight excluding hydrogens is 606 g/mol. The molecular formula is C34H35N5O8. The fourth-order valence-corrected chi connectivity index (χ4v) is 6.80. The Morgan fingerprint density at radius 1 is 0.894 bits per heavy atom. The number of aromatic carboxylic acids is 2. The molecule has 2 aromatic carbocycles. The summed E-state index contributed by atoms with van der Waals surface area (Å²) in [5.41, 5.74) is -0.643. The van der Waals surface area contributed by atoms with Crippen LogP contribution >= 0.6 is 0 Å². The number of hydrogen-bond donors (Lipinski definition) is 3. The molecule has 2 aliphatic heterocycles. The summed E-state index contributed by atoms with van der Waals surface area (Å²) in [4.78, 5) is 71.6. The molecule has 2 atom stereocenters. The Morgan fingerprint density at radius 3 is 2.17 bits per heavy atom. The quantitative estimate of drug-likeness (QED) is 0.274. The summed E-state index contributed by atoms with van der Waals surface area (Å²) in [5.74, 6) is -4.11. The zero-order chi connectivity index (χ0) is 33.5. The average molecular weight is 642 g/mol. The molecule has 2 fully saturated rings. The molecule has 0 spiro atoms. The highest BCUT2D eigenvalue weighted by atomic mass is 16.4. The van der Waals surface area contributed by atoms with Gasteiger partial charge in [-0.05, 0) is 49.1 Å². The third kappa shape index (κ3) is 6.26. The number of carbonyl (C=O) groups excluding carboxylic acids is 2. The summed E-state index contributed by atoms with van der Waals surface area (Å²) in [6, 6.07) is 14.4. The Bertz CT molecular complexity index is 1890. The van der Waals surface area contributed by atoms with Crippen molar-refractivity contribution >= 4 is 34.8 Å². The summed E-state index contributed by atoms with van der Waals surface area (Å²) in [5, 5.41) is 30.9. The second-order valence-corrected chi connectivity index (χ2v) is 12.5. The Hall–Kier alpha value is -5.30. The van der Waals surface area contributed by atoms with Crippen LogP contribution in [0.25, 0.3) is 11.0 Å². The van der Waals surface area contributed by atoms with Crippen molar-refractivity contribution in [1.82, 2.24) is 23.9 Å². The first kappa shape index (κ1) is 31.7. The number of likely N-dealkylation sites (tertiary alicyclic amines) is 2.